The molecule has 0 saturated heterocycles. The highest BCUT2D eigenvalue weighted by Crippen LogP contribution is 2.35. The lowest BCUT2D eigenvalue weighted by molar-refractivity contribution is -0.383. The lowest BCUT2D eigenvalue weighted by Gasteiger charge is -2.30. The summed E-state index contributed by atoms with van der Waals surface area (Å²) in [5.74, 6) is 0.320. The number of thiophene rings is 1. The van der Waals surface area contributed by atoms with Crippen LogP contribution in [0.2, 0.25) is 0 Å². The summed E-state index contributed by atoms with van der Waals surface area (Å²) in [5.41, 5.74) is 5.16. The average Bonchev–Trinajstić information content (AvgIpc) is 2.82. The normalized spacial score (nSPS) is 23.1. The Morgan fingerprint density at radius 3 is 2.71 bits per heavy atom. The molecule has 0 aromatic carbocycles. The van der Waals surface area contributed by atoms with E-state index in [1.54, 1.807) is 0 Å². The summed E-state index contributed by atoms with van der Waals surface area (Å²) in [7, 11) is -3.75. The number of nitrogens with two attached hydrogens (primary N) is 1. The molecule has 21 heavy (non-hydrogen) atoms. The molecule has 0 radical (unpaired) electrons. The Bertz CT molecular complexity index is 626. The zero-order chi connectivity index (χ0) is 15.6. The van der Waals surface area contributed by atoms with E-state index >= 15 is 0 Å². The molecule has 2 atom stereocenters. The number of rotatable bonds is 5. The molecule has 7 nitrogen and oxygen atoms in total. The third-order valence-corrected chi connectivity index (χ3v) is 6.84. The van der Waals surface area contributed by atoms with Gasteiger partial charge in [-0.1, -0.05) is 37.5 Å². The zero-order valence-corrected chi connectivity index (χ0v) is 13.4. The molecular formula is C12H19N3O4S2. The molecule has 1 aliphatic rings. The van der Waals surface area contributed by atoms with Gasteiger partial charge in [0.25, 0.3) is 10.0 Å². The van der Waals surface area contributed by atoms with Crippen molar-refractivity contribution in [2.45, 2.75) is 49.3 Å². The van der Waals surface area contributed by atoms with Crippen LogP contribution in [-0.2, 0) is 10.0 Å². The monoisotopic (exact) mass is 333 g/mol. The van der Waals surface area contributed by atoms with E-state index < -0.39 is 14.9 Å². The van der Waals surface area contributed by atoms with E-state index in [1.807, 2.05) is 6.92 Å². The van der Waals surface area contributed by atoms with Gasteiger partial charge in [0.15, 0.2) is 5.00 Å². The molecule has 1 aromatic heterocycles. The molecule has 1 saturated carbocycles. The summed E-state index contributed by atoms with van der Waals surface area (Å²) >= 11 is 0.733. The molecule has 0 aliphatic heterocycles. The Morgan fingerprint density at radius 2 is 2.14 bits per heavy atom. The van der Waals surface area contributed by atoms with Crippen molar-refractivity contribution in [3.63, 3.8) is 0 Å². The maximum absolute atomic E-state index is 12.4. The summed E-state index contributed by atoms with van der Waals surface area (Å²) in [4.78, 5) is 10.1. The number of anilines is 1. The van der Waals surface area contributed by atoms with Gasteiger partial charge in [0.05, 0.1) is 4.92 Å². The summed E-state index contributed by atoms with van der Waals surface area (Å²) in [6, 6.07) is 0.933. The first-order valence-corrected chi connectivity index (χ1v) is 9.21. The van der Waals surface area contributed by atoms with Crippen molar-refractivity contribution < 1.29 is 13.3 Å². The summed E-state index contributed by atoms with van der Waals surface area (Å²) < 4.78 is 27.3. The highest BCUT2D eigenvalue weighted by atomic mass is 32.2. The molecule has 2 unspecified atom stereocenters. The second kappa shape index (κ2) is 6.29. The second-order valence-electron chi connectivity index (χ2n) is 5.25. The van der Waals surface area contributed by atoms with Crippen molar-refractivity contribution in [1.82, 2.24) is 4.72 Å². The Kier molecular flexibility index (Phi) is 4.84. The maximum atomic E-state index is 12.4. The first kappa shape index (κ1) is 16.2. The number of nitrogen functional groups attached to an aromatic ring is 1. The number of hydrogen-bond donors (Lipinski definition) is 2. The van der Waals surface area contributed by atoms with Gasteiger partial charge in [0.2, 0.25) is 0 Å². The van der Waals surface area contributed by atoms with E-state index in [1.165, 1.54) is 0 Å². The van der Waals surface area contributed by atoms with E-state index in [0.29, 0.717) is 5.92 Å². The van der Waals surface area contributed by atoms with Gasteiger partial charge in [0.1, 0.15) is 4.21 Å². The molecule has 3 N–H and O–H groups in total. The van der Waals surface area contributed by atoms with Gasteiger partial charge in [-0.25, -0.2) is 13.1 Å². The lowest BCUT2D eigenvalue weighted by atomic mass is 9.83. The highest BCUT2D eigenvalue weighted by Gasteiger charge is 2.31. The molecule has 2 rings (SSSR count). The number of hydrogen-bond acceptors (Lipinski definition) is 6. The van der Waals surface area contributed by atoms with Crippen molar-refractivity contribution in [2.75, 3.05) is 5.73 Å². The topological polar surface area (TPSA) is 115 Å². The van der Waals surface area contributed by atoms with Crippen LogP contribution < -0.4 is 10.5 Å². The Balaban J connectivity index is 2.21. The van der Waals surface area contributed by atoms with Gasteiger partial charge < -0.3 is 5.73 Å². The highest BCUT2D eigenvalue weighted by molar-refractivity contribution is 7.91. The fraction of sp³-hybridized carbons (Fsp3) is 0.667. The van der Waals surface area contributed by atoms with Crippen molar-refractivity contribution in [3.8, 4) is 0 Å². The first-order chi connectivity index (χ1) is 9.85. The van der Waals surface area contributed by atoms with Gasteiger partial charge in [0, 0.05) is 12.1 Å². The SMILES string of the molecule is CCC1CCCCC1NS(=O)(=O)c1cc([N+](=O)[O-])c(N)s1. The first-order valence-electron chi connectivity index (χ1n) is 6.91. The van der Waals surface area contributed by atoms with Crippen LogP contribution in [0.15, 0.2) is 10.3 Å². The minimum atomic E-state index is -3.75. The molecule has 0 bridgehead atoms. The fourth-order valence-electron chi connectivity index (χ4n) is 2.76. The van der Waals surface area contributed by atoms with E-state index in [9.17, 15) is 18.5 Å². The molecule has 0 spiro atoms. The lowest BCUT2D eigenvalue weighted by Crippen LogP contribution is -2.41. The molecule has 118 valence electrons. The van der Waals surface area contributed by atoms with E-state index in [0.717, 1.165) is 49.5 Å². The molecule has 0 amide bonds. The van der Waals surface area contributed by atoms with Crippen LogP contribution in [-0.4, -0.2) is 19.4 Å². The third-order valence-electron chi connectivity index (χ3n) is 3.92. The van der Waals surface area contributed by atoms with Crippen LogP contribution in [0, 0.1) is 16.0 Å². The van der Waals surface area contributed by atoms with Crippen molar-refractivity contribution in [3.05, 3.63) is 16.2 Å². The average molecular weight is 333 g/mol. The molecule has 1 aliphatic carbocycles. The van der Waals surface area contributed by atoms with Crippen molar-refractivity contribution in [2.24, 2.45) is 5.92 Å². The fourth-order valence-corrected chi connectivity index (χ4v) is 5.33. The Labute approximate surface area is 127 Å². The number of sulfonamides is 1. The predicted molar refractivity (Wildman–Crippen MR) is 81.7 cm³/mol. The predicted octanol–water partition coefficient (Wildman–Crippen LogP) is 2.49. The second-order valence-corrected chi connectivity index (χ2v) is 8.28. The minimum Gasteiger partial charge on any atom is -0.385 e. The molecule has 1 aromatic rings. The van der Waals surface area contributed by atoms with Gasteiger partial charge in [-0.15, -0.1) is 0 Å². The smallest absolute Gasteiger partial charge is 0.304 e. The van der Waals surface area contributed by atoms with Gasteiger partial charge in [-0.2, -0.15) is 0 Å². The third kappa shape index (κ3) is 3.53. The van der Waals surface area contributed by atoms with E-state index in [4.69, 9.17) is 5.73 Å². The Hall–Kier alpha value is -1.19. The van der Waals surface area contributed by atoms with E-state index in [-0.39, 0.29) is 20.9 Å². The zero-order valence-electron chi connectivity index (χ0n) is 11.7. The Morgan fingerprint density at radius 1 is 1.48 bits per heavy atom. The van der Waals surface area contributed by atoms with Gasteiger partial charge >= 0.3 is 5.69 Å². The van der Waals surface area contributed by atoms with Gasteiger partial charge in [-0.3, -0.25) is 10.1 Å². The van der Waals surface area contributed by atoms with Gasteiger partial charge in [-0.05, 0) is 18.8 Å². The minimum absolute atomic E-state index is 0.0870. The van der Waals surface area contributed by atoms with Crippen molar-refractivity contribution in [1.29, 1.82) is 0 Å². The quantitative estimate of drug-likeness (QED) is 0.634. The van der Waals surface area contributed by atoms with Crippen LogP contribution >= 0.6 is 11.3 Å². The number of nitro groups is 1. The summed E-state index contributed by atoms with van der Waals surface area (Å²) in [6.07, 6.45) is 4.85. The maximum Gasteiger partial charge on any atom is 0.304 e. The molecule has 1 fully saturated rings. The molecule has 9 heteroatoms. The van der Waals surface area contributed by atoms with Crippen LogP contribution in [0.25, 0.3) is 0 Å². The number of nitrogens with one attached hydrogen (secondary N) is 1. The number of nitrogens with zero attached hydrogens (tertiary/aromatic N) is 1. The summed E-state index contributed by atoms with van der Waals surface area (Å²) in [5, 5.41) is 10.7. The van der Waals surface area contributed by atoms with Crippen LogP contribution in [0.5, 0.6) is 0 Å². The van der Waals surface area contributed by atoms with E-state index in [2.05, 4.69) is 4.72 Å². The standard InChI is InChI=1S/C12H19N3O4S2/c1-2-8-5-3-4-6-9(8)14-21(18,19)11-7-10(15(16)17)12(13)20-11/h7-9,14H,2-6,13H2,1H3. The summed E-state index contributed by atoms with van der Waals surface area (Å²) in [6.45, 7) is 2.05. The van der Waals surface area contributed by atoms with Crippen LogP contribution in [0.1, 0.15) is 39.0 Å². The largest absolute Gasteiger partial charge is 0.385 e. The molecular weight excluding hydrogens is 314 g/mol. The van der Waals surface area contributed by atoms with Crippen molar-refractivity contribution >= 4 is 32.0 Å². The van der Waals surface area contributed by atoms with Crippen LogP contribution in [0.3, 0.4) is 0 Å². The van der Waals surface area contributed by atoms with Crippen LogP contribution in [0.4, 0.5) is 10.7 Å². The molecule has 1 heterocycles.